The van der Waals surface area contributed by atoms with E-state index in [9.17, 15) is 4.79 Å². The quantitative estimate of drug-likeness (QED) is 0.692. The first-order chi connectivity index (χ1) is 10.6. The van der Waals surface area contributed by atoms with Gasteiger partial charge in [0.25, 0.3) is 0 Å². The van der Waals surface area contributed by atoms with Crippen LogP contribution in [0.3, 0.4) is 0 Å². The average molecular weight is 313 g/mol. The number of rotatable bonds is 4. The maximum Gasteiger partial charge on any atom is 0.342 e. The lowest BCUT2D eigenvalue weighted by molar-refractivity contribution is 0.0337. The molecule has 0 bridgehead atoms. The van der Waals surface area contributed by atoms with Crippen molar-refractivity contribution >= 4 is 17.3 Å². The molecule has 22 heavy (non-hydrogen) atoms. The maximum atomic E-state index is 12.0. The molecule has 0 N–H and O–H groups in total. The second kappa shape index (κ2) is 6.11. The van der Waals surface area contributed by atoms with E-state index in [1.807, 2.05) is 42.6 Å². The van der Waals surface area contributed by atoms with Crippen molar-refractivity contribution in [2.24, 2.45) is 7.05 Å². The number of hydrogen-bond donors (Lipinski definition) is 0. The molecule has 112 valence electrons. The van der Waals surface area contributed by atoms with Crippen molar-refractivity contribution in [1.29, 1.82) is 0 Å². The Balaban J connectivity index is 1.72. The third-order valence-corrected chi connectivity index (χ3v) is 4.17. The highest BCUT2D eigenvalue weighted by molar-refractivity contribution is 7.10. The van der Waals surface area contributed by atoms with Crippen LogP contribution in [0.1, 0.15) is 28.4 Å². The zero-order chi connectivity index (χ0) is 15.5. The lowest BCUT2D eigenvalue weighted by atomic mass is 10.2. The Bertz CT molecular complexity index is 780. The third-order valence-electron chi connectivity index (χ3n) is 3.16. The van der Waals surface area contributed by atoms with E-state index >= 15 is 0 Å². The van der Waals surface area contributed by atoms with Crippen molar-refractivity contribution in [3.63, 3.8) is 0 Å². The summed E-state index contributed by atoms with van der Waals surface area (Å²) in [4.78, 5) is 16.6. The summed E-state index contributed by atoms with van der Waals surface area (Å²) in [5.74, 6) is -0.392. The number of aromatic nitrogens is 3. The van der Waals surface area contributed by atoms with E-state index in [0.29, 0.717) is 5.56 Å². The minimum absolute atomic E-state index is 0.392. The molecule has 1 aromatic carbocycles. The summed E-state index contributed by atoms with van der Waals surface area (Å²) < 4.78 is 7.01. The summed E-state index contributed by atoms with van der Waals surface area (Å²) in [5, 5.41) is 6.71. The Labute approximate surface area is 132 Å². The molecule has 6 heteroatoms. The van der Waals surface area contributed by atoms with Gasteiger partial charge in [0, 0.05) is 24.2 Å². The topological polar surface area (TPSA) is 57.0 Å². The first-order valence-electron chi connectivity index (χ1n) is 6.84. The van der Waals surface area contributed by atoms with Crippen LogP contribution >= 0.6 is 11.3 Å². The predicted molar refractivity (Wildman–Crippen MR) is 84.6 cm³/mol. The first-order valence-corrected chi connectivity index (χ1v) is 7.72. The van der Waals surface area contributed by atoms with Crippen LogP contribution in [0, 0.1) is 0 Å². The summed E-state index contributed by atoms with van der Waals surface area (Å²) in [6, 6.07) is 9.92. The van der Waals surface area contributed by atoms with Crippen LogP contribution in [0.5, 0.6) is 0 Å². The van der Waals surface area contributed by atoms with Gasteiger partial charge in [-0.1, -0.05) is 30.3 Å². The van der Waals surface area contributed by atoms with Gasteiger partial charge in [-0.3, -0.25) is 4.68 Å². The molecule has 0 saturated carbocycles. The van der Waals surface area contributed by atoms with Gasteiger partial charge >= 0.3 is 5.97 Å². The molecule has 2 aromatic heterocycles. The van der Waals surface area contributed by atoms with Gasteiger partial charge in [-0.05, 0) is 6.92 Å². The number of carbonyl (C=O) groups is 1. The molecule has 0 unspecified atom stereocenters. The molecule has 0 radical (unpaired) electrons. The van der Waals surface area contributed by atoms with Crippen molar-refractivity contribution in [2.45, 2.75) is 13.0 Å². The van der Waals surface area contributed by atoms with Gasteiger partial charge in [0.15, 0.2) is 6.10 Å². The first kappa shape index (κ1) is 14.5. The van der Waals surface area contributed by atoms with Gasteiger partial charge in [0.05, 0.1) is 17.5 Å². The standard InChI is InChI=1S/C16H15N3O2S/c1-11(21-16(20)13-8-17-19(2)9-13)15-18-14(10-22-15)12-6-4-3-5-7-12/h3-11H,1-2H3/t11-/m1/s1. The van der Waals surface area contributed by atoms with E-state index in [-0.39, 0.29) is 0 Å². The van der Waals surface area contributed by atoms with E-state index in [1.165, 1.54) is 17.5 Å². The number of esters is 1. The van der Waals surface area contributed by atoms with Gasteiger partial charge < -0.3 is 4.74 Å². The minimum Gasteiger partial charge on any atom is -0.452 e. The lowest BCUT2D eigenvalue weighted by Gasteiger charge is -2.09. The molecular formula is C16H15N3O2S. The minimum atomic E-state index is -0.393. The average Bonchev–Trinajstić information content (AvgIpc) is 3.17. The second-order valence-electron chi connectivity index (χ2n) is 4.89. The van der Waals surface area contributed by atoms with Crippen molar-refractivity contribution < 1.29 is 9.53 Å². The fourth-order valence-electron chi connectivity index (χ4n) is 2.02. The van der Waals surface area contributed by atoms with E-state index in [1.54, 1.807) is 17.9 Å². The van der Waals surface area contributed by atoms with Crippen molar-refractivity contribution in [3.05, 3.63) is 58.7 Å². The van der Waals surface area contributed by atoms with E-state index in [0.717, 1.165) is 16.3 Å². The number of hydrogen-bond acceptors (Lipinski definition) is 5. The van der Waals surface area contributed by atoms with Crippen LogP contribution in [0.4, 0.5) is 0 Å². The van der Waals surface area contributed by atoms with E-state index < -0.39 is 12.1 Å². The number of carbonyl (C=O) groups excluding carboxylic acids is 1. The van der Waals surface area contributed by atoms with Crippen LogP contribution < -0.4 is 0 Å². The second-order valence-corrected chi connectivity index (χ2v) is 5.78. The summed E-state index contributed by atoms with van der Waals surface area (Å²) in [6.07, 6.45) is 2.73. The molecule has 0 amide bonds. The van der Waals surface area contributed by atoms with Gasteiger partial charge in [-0.25, -0.2) is 9.78 Å². The SMILES string of the molecule is C[C@@H](OC(=O)c1cnn(C)c1)c1nc(-c2ccccc2)cs1. The van der Waals surface area contributed by atoms with Crippen LogP contribution in [-0.2, 0) is 11.8 Å². The predicted octanol–water partition coefficient (Wildman–Crippen LogP) is 3.46. The Kier molecular flexibility index (Phi) is 4.02. The molecule has 0 aliphatic rings. The molecule has 3 rings (SSSR count). The summed E-state index contributed by atoms with van der Waals surface area (Å²) in [7, 11) is 1.76. The highest BCUT2D eigenvalue weighted by atomic mass is 32.1. The van der Waals surface area contributed by atoms with Crippen molar-refractivity contribution in [2.75, 3.05) is 0 Å². The van der Waals surface area contributed by atoms with Crippen LogP contribution in [-0.4, -0.2) is 20.7 Å². The largest absolute Gasteiger partial charge is 0.452 e. The highest BCUT2D eigenvalue weighted by Gasteiger charge is 2.18. The lowest BCUT2D eigenvalue weighted by Crippen LogP contribution is -2.08. The summed E-state index contributed by atoms with van der Waals surface area (Å²) >= 11 is 1.49. The molecule has 1 atom stereocenters. The fourth-order valence-corrected chi connectivity index (χ4v) is 2.83. The van der Waals surface area contributed by atoms with Gasteiger partial charge in [-0.15, -0.1) is 11.3 Å². The number of aryl methyl sites for hydroxylation is 1. The Morgan fingerprint density at radius 1 is 1.32 bits per heavy atom. The third kappa shape index (κ3) is 3.07. The maximum absolute atomic E-state index is 12.0. The monoisotopic (exact) mass is 313 g/mol. The van der Waals surface area contributed by atoms with Crippen molar-refractivity contribution in [3.8, 4) is 11.3 Å². The number of nitrogens with zero attached hydrogens (tertiary/aromatic N) is 3. The zero-order valence-electron chi connectivity index (χ0n) is 12.3. The molecule has 0 fully saturated rings. The van der Waals surface area contributed by atoms with Gasteiger partial charge in [-0.2, -0.15) is 5.10 Å². The number of benzene rings is 1. The van der Waals surface area contributed by atoms with Gasteiger partial charge in [0.2, 0.25) is 0 Å². The molecule has 2 heterocycles. The van der Waals surface area contributed by atoms with Crippen molar-refractivity contribution in [1.82, 2.24) is 14.8 Å². The summed E-state index contributed by atoms with van der Waals surface area (Å²) in [6.45, 7) is 1.82. The zero-order valence-corrected chi connectivity index (χ0v) is 13.1. The molecule has 0 aliphatic heterocycles. The fraction of sp³-hybridized carbons (Fsp3) is 0.188. The van der Waals surface area contributed by atoms with E-state index in [4.69, 9.17) is 4.74 Å². The molecule has 5 nitrogen and oxygen atoms in total. The normalized spacial score (nSPS) is 12.1. The molecule has 0 aliphatic carbocycles. The summed E-state index contributed by atoms with van der Waals surface area (Å²) in [5.41, 5.74) is 2.38. The molecule has 3 aromatic rings. The highest BCUT2D eigenvalue weighted by Crippen LogP contribution is 2.27. The van der Waals surface area contributed by atoms with Crippen LogP contribution in [0.2, 0.25) is 0 Å². The number of thiazole rings is 1. The number of ether oxygens (including phenoxy) is 1. The smallest absolute Gasteiger partial charge is 0.342 e. The van der Waals surface area contributed by atoms with Crippen LogP contribution in [0.15, 0.2) is 48.1 Å². The Hall–Kier alpha value is -2.47. The Morgan fingerprint density at radius 2 is 2.09 bits per heavy atom. The molecule has 0 spiro atoms. The Morgan fingerprint density at radius 3 is 2.77 bits per heavy atom. The molecular weight excluding hydrogens is 298 g/mol. The van der Waals surface area contributed by atoms with Crippen LogP contribution in [0.25, 0.3) is 11.3 Å². The van der Waals surface area contributed by atoms with E-state index in [2.05, 4.69) is 10.1 Å². The van der Waals surface area contributed by atoms with Gasteiger partial charge in [0.1, 0.15) is 5.01 Å². The molecule has 0 saturated heterocycles.